The predicted octanol–water partition coefficient (Wildman–Crippen LogP) is 3.69. The number of benzene rings is 1. The van der Waals surface area contributed by atoms with Crippen LogP contribution in [-0.4, -0.2) is 81.7 Å². The number of aryl methyl sites for hydroxylation is 1. The number of halogens is 6. The number of nitrogens with one attached hydrogen (secondary N) is 1. The molecule has 0 saturated carbocycles. The van der Waals surface area contributed by atoms with Gasteiger partial charge in [0.25, 0.3) is 12.3 Å². The zero-order valence-electron chi connectivity index (χ0n) is 21.3. The maximum atomic E-state index is 15.3. The number of ether oxygens (including phenoxy) is 1. The fraction of sp³-hybridized carbons (Fsp3) is 0.435. The van der Waals surface area contributed by atoms with Crippen LogP contribution >= 0.6 is 0 Å². The van der Waals surface area contributed by atoms with E-state index in [2.05, 4.69) is 20.4 Å². The van der Waals surface area contributed by atoms with E-state index < -0.39 is 53.1 Å². The van der Waals surface area contributed by atoms with E-state index in [4.69, 9.17) is 4.74 Å². The lowest BCUT2D eigenvalue weighted by Gasteiger charge is -2.37. The molecule has 0 bridgehead atoms. The maximum Gasteiger partial charge on any atom is 0.281 e. The number of imidazole rings is 1. The van der Waals surface area contributed by atoms with E-state index >= 15 is 8.78 Å². The van der Waals surface area contributed by atoms with Crippen molar-refractivity contribution in [1.29, 1.82) is 0 Å². The number of fused-ring (bicyclic) bond motifs is 2. The van der Waals surface area contributed by atoms with Crippen molar-refractivity contribution in [3.63, 3.8) is 0 Å². The summed E-state index contributed by atoms with van der Waals surface area (Å²) in [6.45, 7) is -0.514. The standard InChI is InChI=1S/C23H23F6N7O3S/c1-11-30-19-13(24)6-12(7-15(19)35(11)9-17(26)27)18-14(25)8-36-20(18)21(39-2)32-22(33-36)31-16-4-5-34(40(3,37)38)10-23(16,28)29/h6-8,16-17H,4-5,9-10H2,1-3H3,(H,31,33). The number of hydrogen-bond acceptors (Lipinski definition) is 7. The number of piperidine rings is 1. The van der Waals surface area contributed by atoms with E-state index in [9.17, 15) is 26.0 Å². The molecule has 4 heterocycles. The fourth-order valence-electron chi connectivity index (χ4n) is 4.84. The first-order chi connectivity index (χ1) is 18.7. The van der Waals surface area contributed by atoms with Gasteiger partial charge in [0.2, 0.25) is 21.9 Å². The monoisotopic (exact) mass is 591 g/mol. The van der Waals surface area contributed by atoms with Crippen LogP contribution in [0.1, 0.15) is 12.2 Å². The molecule has 1 aromatic carbocycles. The molecule has 1 saturated heterocycles. The molecule has 1 aliphatic heterocycles. The van der Waals surface area contributed by atoms with Crippen molar-refractivity contribution >= 4 is 32.5 Å². The van der Waals surface area contributed by atoms with E-state index in [0.717, 1.165) is 27.6 Å². The first-order valence-electron chi connectivity index (χ1n) is 11.9. The average Bonchev–Trinajstić information content (AvgIpc) is 3.34. The number of sulfonamides is 1. The van der Waals surface area contributed by atoms with Crippen molar-refractivity contribution in [2.24, 2.45) is 0 Å². The molecule has 1 aliphatic rings. The van der Waals surface area contributed by atoms with Crippen LogP contribution in [0.4, 0.5) is 32.3 Å². The van der Waals surface area contributed by atoms with Gasteiger partial charge in [-0.3, -0.25) is 0 Å². The second kappa shape index (κ2) is 9.79. The lowest BCUT2D eigenvalue weighted by atomic mass is 10.0. The van der Waals surface area contributed by atoms with E-state index in [0.29, 0.717) is 4.31 Å². The van der Waals surface area contributed by atoms with Crippen molar-refractivity contribution in [3.05, 3.63) is 35.8 Å². The Morgan fingerprint density at radius 1 is 1.20 bits per heavy atom. The average molecular weight is 592 g/mol. The summed E-state index contributed by atoms with van der Waals surface area (Å²) in [6.07, 6.45) is -1.26. The van der Waals surface area contributed by atoms with Crippen molar-refractivity contribution in [1.82, 2.24) is 28.5 Å². The normalized spacial score (nSPS) is 18.2. The predicted molar refractivity (Wildman–Crippen MR) is 132 cm³/mol. The zero-order chi connectivity index (χ0) is 29.1. The summed E-state index contributed by atoms with van der Waals surface area (Å²) >= 11 is 0. The molecular weight excluding hydrogens is 568 g/mol. The van der Waals surface area contributed by atoms with Crippen molar-refractivity contribution in [2.75, 3.05) is 31.8 Å². The highest BCUT2D eigenvalue weighted by molar-refractivity contribution is 7.88. The van der Waals surface area contributed by atoms with E-state index in [1.54, 1.807) is 0 Å². The van der Waals surface area contributed by atoms with Gasteiger partial charge in [0.15, 0.2) is 11.6 Å². The minimum atomic E-state index is -3.83. The number of hydrogen-bond donors (Lipinski definition) is 1. The van der Waals surface area contributed by atoms with Crippen LogP contribution in [0, 0.1) is 18.6 Å². The Kier molecular flexibility index (Phi) is 6.84. The first kappa shape index (κ1) is 27.9. The molecule has 4 aromatic rings. The molecule has 0 amide bonds. The summed E-state index contributed by atoms with van der Waals surface area (Å²) in [5.41, 5.74) is -0.462. The molecule has 5 rings (SSSR count). The Bertz CT molecular complexity index is 1720. The van der Waals surface area contributed by atoms with Crippen molar-refractivity contribution in [2.45, 2.75) is 38.3 Å². The second-order valence-corrected chi connectivity index (χ2v) is 11.4. The third kappa shape index (κ3) is 4.91. The van der Waals surface area contributed by atoms with Gasteiger partial charge in [0, 0.05) is 6.54 Å². The van der Waals surface area contributed by atoms with Gasteiger partial charge in [-0.15, -0.1) is 5.10 Å². The summed E-state index contributed by atoms with van der Waals surface area (Å²) in [5.74, 6) is -5.70. The molecule has 0 radical (unpaired) electrons. The number of anilines is 1. The molecule has 216 valence electrons. The molecule has 1 unspecified atom stereocenters. The van der Waals surface area contributed by atoms with Crippen molar-refractivity contribution < 1.29 is 39.5 Å². The first-order valence-corrected chi connectivity index (χ1v) is 13.7. The van der Waals surface area contributed by atoms with Crippen LogP contribution < -0.4 is 10.1 Å². The second-order valence-electron chi connectivity index (χ2n) is 9.42. The van der Waals surface area contributed by atoms with Gasteiger partial charge in [-0.25, -0.2) is 44.3 Å². The summed E-state index contributed by atoms with van der Waals surface area (Å²) < 4.78 is 118. The van der Waals surface area contributed by atoms with E-state index in [-0.39, 0.29) is 58.3 Å². The highest BCUT2D eigenvalue weighted by Gasteiger charge is 2.47. The molecule has 10 nitrogen and oxygen atoms in total. The summed E-state index contributed by atoms with van der Waals surface area (Å²) in [6, 6.07) is 0.755. The highest BCUT2D eigenvalue weighted by Crippen LogP contribution is 2.37. The SMILES string of the molecule is COc1nc(NC2CCN(S(C)(=O)=O)CC2(F)F)nn2cc(F)c(-c3cc(F)c4nc(C)n(CC(F)F)c4c3)c12. The minimum Gasteiger partial charge on any atom is -0.479 e. The summed E-state index contributed by atoms with van der Waals surface area (Å²) in [7, 11) is -2.63. The third-order valence-electron chi connectivity index (χ3n) is 6.69. The van der Waals surface area contributed by atoms with Gasteiger partial charge in [0.1, 0.15) is 16.9 Å². The van der Waals surface area contributed by atoms with Crippen LogP contribution in [0.15, 0.2) is 18.3 Å². The molecule has 3 aromatic heterocycles. The van der Waals surface area contributed by atoms with Crippen molar-refractivity contribution in [3.8, 4) is 17.0 Å². The zero-order valence-corrected chi connectivity index (χ0v) is 22.1. The van der Waals surface area contributed by atoms with Gasteiger partial charge < -0.3 is 14.6 Å². The molecule has 1 atom stereocenters. The Labute approximate surface area is 223 Å². The van der Waals surface area contributed by atoms with Gasteiger partial charge in [-0.05, 0) is 31.0 Å². The molecule has 0 spiro atoms. The smallest absolute Gasteiger partial charge is 0.281 e. The number of alkyl halides is 4. The summed E-state index contributed by atoms with van der Waals surface area (Å²) in [5, 5.41) is 6.54. The van der Waals surface area contributed by atoms with Gasteiger partial charge in [-0.1, -0.05) is 0 Å². The van der Waals surface area contributed by atoms with Crippen LogP contribution in [-0.2, 0) is 16.6 Å². The molecular formula is C23H23F6N7O3S. The van der Waals surface area contributed by atoms with Crippen LogP contribution in [0.5, 0.6) is 5.88 Å². The quantitative estimate of drug-likeness (QED) is 0.327. The third-order valence-corrected chi connectivity index (χ3v) is 7.94. The molecule has 1 N–H and O–H groups in total. The van der Waals surface area contributed by atoms with Gasteiger partial charge >= 0.3 is 0 Å². The fourth-order valence-corrected chi connectivity index (χ4v) is 5.68. The number of methoxy groups -OCH3 is 1. The van der Waals surface area contributed by atoms with Gasteiger partial charge in [-0.2, -0.15) is 9.29 Å². The topological polar surface area (TPSA) is 107 Å². The maximum absolute atomic E-state index is 15.3. The minimum absolute atomic E-state index is 0.0207. The van der Waals surface area contributed by atoms with Crippen LogP contribution in [0.25, 0.3) is 27.7 Å². The van der Waals surface area contributed by atoms with Crippen LogP contribution in [0.3, 0.4) is 0 Å². The summed E-state index contributed by atoms with van der Waals surface area (Å²) in [4.78, 5) is 8.09. The lowest BCUT2D eigenvalue weighted by molar-refractivity contribution is -0.0541. The Hall–Kier alpha value is -3.60. The largest absolute Gasteiger partial charge is 0.479 e. The molecule has 1 fully saturated rings. The van der Waals surface area contributed by atoms with E-state index in [1.807, 2.05) is 0 Å². The van der Waals surface area contributed by atoms with E-state index in [1.165, 1.54) is 20.1 Å². The number of rotatable bonds is 7. The van der Waals surface area contributed by atoms with Gasteiger partial charge in [0.05, 0.1) is 49.8 Å². The number of nitrogens with zero attached hydrogens (tertiary/aromatic N) is 6. The Morgan fingerprint density at radius 2 is 1.93 bits per heavy atom. The van der Waals surface area contributed by atoms with Crippen LogP contribution in [0.2, 0.25) is 0 Å². The molecule has 40 heavy (non-hydrogen) atoms. The molecule has 17 heteroatoms. The molecule has 0 aliphatic carbocycles. The Morgan fingerprint density at radius 3 is 2.55 bits per heavy atom. The number of aromatic nitrogens is 5. The Balaban J connectivity index is 1.56. The lowest BCUT2D eigenvalue weighted by Crippen LogP contribution is -2.55. The highest BCUT2D eigenvalue weighted by atomic mass is 32.2.